The molecule has 24 heavy (non-hydrogen) atoms. The van der Waals surface area contributed by atoms with Gasteiger partial charge in [0.15, 0.2) is 0 Å². The van der Waals surface area contributed by atoms with Crippen LogP contribution in [0, 0.1) is 0 Å². The smallest absolute Gasteiger partial charge is 0.238 e. The fraction of sp³-hybridized carbons (Fsp3) is 0.150. The summed E-state index contributed by atoms with van der Waals surface area (Å²) in [6, 6.07) is 21.7. The Kier molecular flexibility index (Phi) is 5.08. The van der Waals surface area contributed by atoms with E-state index in [1.165, 1.54) is 0 Å². The molecule has 1 amide bonds. The summed E-state index contributed by atoms with van der Waals surface area (Å²) in [6.45, 7) is 0.891. The lowest BCUT2D eigenvalue weighted by atomic mass is 10.1. The number of nitrogens with one attached hydrogen (secondary N) is 2. The van der Waals surface area contributed by atoms with Gasteiger partial charge in [-0.1, -0.05) is 48.5 Å². The minimum Gasteiger partial charge on any atom is -0.497 e. The van der Waals surface area contributed by atoms with E-state index < -0.39 is 0 Å². The van der Waals surface area contributed by atoms with E-state index in [4.69, 9.17) is 4.74 Å². The van der Waals surface area contributed by atoms with Crippen molar-refractivity contribution in [3.05, 3.63) is 72.3 Å². The van der Waals surface area contributed by atoms with Crippen molar-refractivity contribution < 1.29 is 9.53 Å². The molecule has 0 aliphatic heterocycles. The fourth-order valence-corrected chi connectivity index (χ4v) is 2.59. The first-order valence-corrected chi connectivity index (χ1v) is 7.87. The van der Waals surface area contributed by atoms with Gasteiger partial charge in [0.2, 0.25) is 5.91 Å². The Balaban J connectivity index is 1.55. The second-order valence-electron chi connectivity index (χ2n) is 5.53. The molecule has 0 atom stereocenters. The van der Waals surface area contributed by atoms with Gasteiger partial charge >= 0.3 is 0 Å². The third kappa shape index (κ3) is 3.91. The Hall–Kier alpha value is -2.85. The molecule has 0 aromatic heterocycles. The van der Waals surface area contributed by atoms with Crippen molar-refractivity contribution in [1.29, 1.82) is 0 Å². The van der Waals surface area contributed by atoms with Gasteiger partial charge < -0.3 is 15.4 Å². The Morgan fingerprint density at radius 2 is 1.71 bits per heavy atom. The van der Waals surface area contributed by atoms with Gasteiger partial charge in [0.05, 0.1) is 13.7 Å². The van der Waals surface area contributed by atoms with E-state index in [9.17, 15) is 4.79 Å². The molecule has 3 aromatic rings. The molecule has 0 aliphatic carbocycles. The number of carbonyl (C=O) groups is 1. The number of rotatable bonds is 6. The predicted octanol–water partition coefficient (Wildman–Crippen LogP) is 3.58. The number of carbonyl (C=O) groups excluding carboxylic acids is 1. The number of ether oxygens (including phenoxy) is 1. The van der Waals surface area contributed by atoms with Gasteiger partial charge in [0.25, 0.3) is 0 Å². The lowest BCUT2D eigenvalue weighted by Gasteiger charge is -2.10. The molecule has 122 valence electrons. The van der Waals surface area contributed by atoms with Crippen LogP contribution in [0.15, 0.2) is 66.7 Å². The normalized spacial score (nSPS) is 10.5. The molecule has 0 saturated carbocycles. The maximum absolute atomic E-state index is 12.2. The highest BCUT2D eigenvalue weighted by molar-refractivity contribution is 6.02. The molecule has 0 aliphatic rings. The van der Waals surface area contributed by atoms with Crippen LogP contribution < -0.4 is 15.4 Å². The van der Waals surface area contributed by atoms with Crippen molar-refractivity contribution >= 4 is 22.4 Å². The van der Waals surface area contributed by atoms with Gasteiger partial charge in [-0.05, 0) is 29.1 Å². The molecule has 0 saturated heterocycles. The van der Waals surface area contributed by atoms with E-state index in [0.29, 0.717) is 6.54 Å². The highest BCUT2D eigenvalue weighted by Crippen LogP contribution is 2.22. The summed E-state index contributed by atoms with van der Waals surface area (Å²) in [5.74, 6) is 0.771. The Morgan fingerprint density at radius 1 is 0.958 bits per heavy atom. The lowest BCUT2D eigenvalue weighted by Crippen LogP contribution is -2.27. The fourth-order valence-electron chi connectivity index (χ4n) is 2.59. The molecule has 0 spiro atoms. The third-order valence-electron chi connectivity index (χ3n) is 3.84. The van der Waals surface area contributed by atoms with Crippen molar-refractivity contribution in [2.75, 3.05) is 19.0 Å². The maximum Gasteiger partial charge on any atom is 0.238 e. The van der Waals surface area contributed by atoms with Crippen LogP contribution in [0.5, 0.6) is 5.75 Å². The first-order chi connectivity index (χ1) is 11.8. The van der Waals surface area contributed by atoms with E-state index in [1.807, 2.05) is 66.7 Å². The molecule has 0 heterocycles. The van der Waals surface area contributed by atoms with Crippen molar-refractivity contribution in [3.8, 4) is 5.75 Å². The molecule has 0 unspecified atom stereocenters. The molecule has 0 fully saturated rings. The largest absolute Gasteiger partial charge is 0.497 e. The Bertz CT molecular complexity index is 823. The SMILES string of the molecule is COc1ccc(CNCC(=O)Nc2cccc3ccccc23)cc1. The van der Waals surface area contributed by atoms with E-state index in [0.717, 1.165) is 27.8 Å². The Labute approximate surface area is 141 Å². The second-order valence-corrected chi connectivity index (χ2v) is 5.53. The zero-order chi connectivity index (χ0) is 16.8. The molecule has 3 rings (SSSR count). The number of methoxy groups -OCH3 is 1. The van der Waals surface area contributed by atoms with Crippen LogP contribution in [-0.4, -0.2) is 19.6 Å². The number of hydrogen-bond acceptors (Lipinski definition) is 3. The van der Waals surface area contributed by atoms with Crippen molar-refractivity contribution in [1.82, 2.24) is 5.32 Å². The van der Waals surface area contributed by atoms with Gasteiger partial charge in [-0.3, -0.25) is 4.79 Å². The van der Waals surface area contributed by atoms with Gasteiger partial charge in [-0.25, -0.2) is 0 Å². The summed E-state index contributed by atoms with van der Waals surface area (Å²) in [5.41, 5.74) is 1.94. The number of hydrogen-bond donors (Lipinski definition) is 2. The number of anilines is 1. The summed E-state index contributed by atoms with van der Waals surface area (Å²) >= 11 is 0. The molecular formula is C20H20N2O2. The van der Waals surface area contributed by atoms with Gasteiger partial charge in [0.1, 0.15) is 5.75 Å². The monoisotopic (exact) mass is 320 g/mol. The maximum atomic E-state index is 12.2. The molecule has 3 aromatic carbocycles. The zero-order valence-corrected chi connectivity index (χ0v) is 13.6. The van der Waals surface area contributed by atoms with Crippen molar-refractivity contribution in [2.24, 2.45) is 0 Å². The molecule has 2 N–H and O–H groups in total. The van der Waals surface area contributed by atoms with E-state index in [1.54, 1.807) is 7.11 Å². The second kappa shape index (κ2) is 7.62. The van der Waals surface area contributed by atoms with Crippen molar-refractivity contribution in [3.63, 3.8) is 0 Å². The molecule has 4 heteroatoms. The minimum atomic E-state index is -0.0557. The number of fused-ring (bicyclic) bond motifs is 1. The lowest BCUT2D eigenvalue weighted by molar-refractivity contribution is -0.115. The van der Waals surface area contributed by atoms with E-state index in [2.05, 4.69) is 10.6 Å². The van der Waals surface area contributed by atoms with Gasteiger partial charge in [-0.15, -0.1) is 0 Å². The van der Waals surface area contributed by atoms with Crippen LogP contribution in [0.4, 0.5) is 5.69 Å². The molecular weight excluding hydrogens is 300 g/mol. The van der Waals surface area contributed by atoms with Crippen LogP contribution in [0.2, 0.25) is 0 Å². The van der Waals surface area contributed by atoms with Crippen molar-refractivity contribution in [2.45, 2.75) is 6.54 Å². The zero-order valence-electron chi connectivity index (χ0n) is 13.6. The van der Waals surface area contributed by atoms with Crippen LogP contribution in [-0.2, 0) is 11.3 Å². The molecule has 4 nitrogen and oxygen atoms in total. The summed E-state index contributed by atoms with van der Waals surface area (Å²) < 4.78 is 5.13. The third-order valence-corrected chi connectivity index (χ3v) is 3.84. The first-order valence-electron chi connectivity index (χ1n) is 7.87. The summed E-state index contributed by atoms with van der Waals surface area (Å²) in [6.07, 6.45) is 0. The topological polar surface area (TPSA) is 50.4 Å². The van der Waals surface area contributed by atoms with Gasteiger partial charge in [-0.2, -0.15) is 0 Å². The van der Waals surface area contributed by atoms with Crippen LogP contribution in [0.3, 0.4) is 0 Å². The highest BCUT2D eigenvalue weighted by Gasteiger charge is 2.05. The summed E-state index contributed by atoms with van der Waals surface area (Å²) in [7, 11) is 1.64. The van der Waals surface area contributed by atoms with Gasteiger partial charge in [0, 0.05) is 17.6 Å². The summed E-state index contributed by atoms with van der Waals surface area (Å²) in [4.78, 5) is 12.2. The average molecular weight is 320 g/mol. The van der Waals surface area contributed by atoms with E-state index in [-0.39, 0.29) is 12.5 Å². The van der Waals surface area contributed by atoms with E-state index >= 15 is 0 Å². The Morgan fingerprint density at radius 3 is 2.50 bits per heavy atom. The predicted molar refractivity (Wildman–Crippen MR) is 97.3 cm³/mol. The minimum absolute atomic E-state index is 0.0557. The average Bonchev–Trinajstić information content (AvgIpc) is 2.63. The number of benzene rings is 3. The number of amides is 1. The van der Waals surface area contributed by atoms with Crippen LogP contribution in [0.1, 0.15) is 5.56 Å². The molecule has 0 radical (unpaired) electrons. The molecule has 0 bridgehead atoms. The standard InChI is InChI=1S/C20H20N2O2/c1-24-17-11-9-15(10-12-17)13-21-14-20(23)22-19-8-4-6-16-5-2-3-7-18(16)19/h2-12,21H,13-14H2,1H3,(H,22,23). The van der Waals surface area contributed by atoms with Crippen LogP contribution in [0.25, 0.3) is 10.8 Å². The summed E-state index contributed by atoms with van der Waals surface area (Å²) in [5, 5.41) is 8.28. The first kappa shape index (κ1) is 16.0. The van der Waals surface area contributed by atoms with Crippen LogP contribution >= 0.6 is 0 Å². The quantitative estimate of drug-likeness (QED) is 0.730. The highest BCUT2D eigenvalue weighted by atomic mass is 16.5.